The minimum Gasteiger partial charge on any atom is -0.457 e. The fraction of sp³-hybridized carbons (Fsp3) is 0.919. The number of ether oxygens (including phenoxy) is 6. The van der Waals surface area contributed by atoms with E-state index in [0.29, 0.717) is 13.0 Å². The zero-order valence-corrected chi connectivity index (χ0v) is 30.8. The fourth-order valence-electron chi connectivity index (χ4n) is 5.97. The Morgan fingerprint density at radius 1 is 0.627 bits per heavy atom. The van der Waals surface area contributed by atoms with Crippen LogP contribution >= 0.6 is 0 Å². The smallest absolute Gasteiger partial charge is 0.306 e. The van der Waals surface area contributed by atoms with Crippen molar-refractivity contribution in [2.24, 2.45) is 0 Å². The number of carbonyl (C=O) groups is 1. The van der Waals surface area contributed by atoms with Gasteiger partial charge in [-0.1, -0.05) is 90.2 Å². The third kappa shape index (κ3) is 17.6. The van der Waals surface area contributed by atoms with E-state index in [-0.39, 0.29) is 19.6 Å². The first-order valence-electron chi connectivity index (χ1n) is 19.3. The van der Waals surface area contributed by atoms with Crippen LogP contribution in [-0.2, 0) is 33.2 Å². The van der Waals surface area contributed by atoms with E-state index >= 15 is 0 Å². The Kier molecular flexibility index (Phi) is 24.6. The number of hydrogen-bond donors (Lipinski definition) is 7. The van der Waals surface area contributed by atoms with Crippen molar-refractivity contribution < 1.29 is 69.0 Å². The van der Waals surface area contributed by atoms with Gasteiger partial charge in [0.25, 0.3) is 0 Å². The molecule has 0 aromatic rings. The third-order valence-corrected chi connectivity index (χ3v) is 9.27. The van der Waals surface area contributed by atoms with Crippen LogP contribution in [-0.4, -0.2) is 142 Å². The van der Waals surface area contributed by atoms with Crippen LogP contribution in [0, 0.1) is 0 Å². The van der Waals surface area contributed by atoms with Crippen molar-refractivity contribution in [2.45, 2.75) is 184 Å². The summed E-state index contributed by atoms with van der Waals surface area (Å²) < 4.78 is 33.8. The Bertz CT molecular complexity index is 907. The van der Waals surface area contributed by atoms with Gasteiger partial charge >= 0.3 is 5.97 Å². The average Bonchev–Trinajstić information content (AvgIpc) is 3.12. The van der Waals surface area contributed by atoms with E-state index in [1.165, 1.54) is 32.1 Å². The molecule has 300 valence electrons. The minimum atomic E-state index is -1.70. The molecule has 14 nitrogen and oxygen atoms in total. The van der Waals surface area contributed by atoms with Gasteiger partial charge < -0.3 is 64.2 Å². The average molecular weight is 737 g/mol. The summed E-state index contributed by atoms with van der Waals surface area (Å²) in [5, 5.41) is 71.4. The summed E-state index contributed by atoms with van der Waals surface area (Å²) in [5.74, 6) is -0.392. The van der Waals surface area contributed by atoms with Gasteiger partial charge in [0.05, 0.1) is 26.4 Å². The van der Waals surface area contributed by atoms with Gasteiger partial charge in [0.1, 0.15) is 54.9 Å². The monoisotopic (exact) mass is 736 g/mol. The van der Waals surface area contributed by atoms with Gasteiger partial charge in [0, 0.05) is 13.0 Å². The third-order valence-electron chi connectivity index (χ3n) is 9.27. The Hall–Kier alpha value is -1.27. The van der Waals surface area contributed by atoms with Gasteiger partial charge in [-0.25, -0.2) is 0 Å². The lowest BCUT2D eigenvalue weighted by molar-refractivity contribution is -0.332. The topological polar surface area (TPSA) is 214 Å². The second-order valence-electron chi connectivity index (χ2n) is 13.8. The largest absolute Gasteiger partial charge is 0.457 e. The molecule has 2 rings (SSSR count). The van der Waals surface area contributed by atoms with Crippen molar-refractivity contribution in [3.05, 3.63) is 12.2 Å². The van der Waals surface area contributed by atoms with Crippen molar-refractivity contribution in [1.29, 1.82) is 0 Å². The number of esters is 1. The molecular formula is C37H68O14. The molecule has 2 fully saturated rings. The van der Waals surface area contributed by atoms with Crippen LogP contribution in [0.15, 0.2) is 12.2 Å². The lowest BCUT2D eigenvalue weighted by Crippen LogP contribution is -2.61. The molecule has 2 heterocycles. The van der Waals surface area contributed by atoms with Crippen LogP contribution in [0.4, 0.5) is 0 Å². The van der Waals surface area contributed by atoms with Crippen molar-refractivity contribution >= 4 is 5.97 Å². The Balaban J connectivity index is 1.87. The molecule has 51 heavy (non-hydrogen) atoms. The minimum absolute atomic E-state index is 0.0596. The molecule has 0 saturated carbocycles. The van der Waals surface area contributed by atoms with E-state index in [4.69, 9.17) is 28.4 Å². The highest BCUT2D eigenvalue weighted by Gasteiger charge is 2.47. The maximum Gasteiger partial charge on any atom is 0.306 e. The second-order valence-corrected chi connectivity index (χ2v) is 13.8. The molecule has 0 bridgehead atoms. The Morgan fingerprint density at radius 3 is 1.84 bits per heavy atom. The van der Waals surface area contributed by atoms with E-state index in [9.17, 15) is 40.5 Å². The first-order valence-corrected chi connectivity index (χ1v) is 19.3. The summed E-state index contributed by atoms with van der Waals surface area (Å²) in [4.78, 5) is 12.8. The van der Waals surface area contributed by atoms with Crippen LogP contribution in [0.2, 0.25) is 0 Å². The quantitative estimate of drug-likeness (QED) is 0.0349. The number of hydrogen-bond acceptors (Lipinski definition) is 14. The number of rotatable bonds is 28. The lowest BCUT2D eigenvalue weighted by Gasteiger charge is -2.42. The molecule has 2 aliphatic heterocycles. The van der Waals surface area contributed by atoms with E-state index in [2.05, 4.69) is 26.0 Å². The summed E-state index contributed by atoms with van der Waals surface area (Å²) in [6.45, 7) is 3.54. The summed E-state index contributed by atoms with van der Waals surface area (Å²) in [5.41, 5.74) is 0. The summed E-state index contributed by atoms with van der Waals surface area (Å²) >= 11 is 0. The lowest BCUT2D eigenvalue weighted by atomic mass is 9.98. The predicted octanol–water partition coefficient (Wildman–Crippen LogP) is 2.39. The molecule has 0 aromatic carbocycles. The molecule has 2 saturated heterocycles. The standard InChI is InChI=1S/C37H68O14/c1-3-5-7-9-11-12-13-14-15-16-18-20-29(39)49-26(23-46-21-19-17-10-8-6-4-2)24-47-36-35(45)33(43)31(41)28(51-36)25-48-37-34(44)32(42)30(40)27(22-38)50-37/h9,11,26-28,30-38,40-45H,3-8,10,12-25H2,1-2H3/b11-9-. The maximum absolute atomic E-state index is 12.8. The van der Waals surface area contributed by atoms with E-state index in [0.717, 1.165) is 57.8 Å². The molecule has 7 N–H and O–H groups in total. The number of allylic oxidation sites excluding steroid dienone is 2. The highest BCUT2D eigenvalue weighted by atomic mass is 16.7. The van der Waals surface area contributed by atoms with Crippen LogP contribution < -0.4 is 0 Å². The summed E-state index contributed by atoms with van der Waals surface area (Å²) in [7, 11) is 0. The van der Waals surface area contributed by atoms with E-state index in [1.807, 2.05) is 0 Å². The zero-order chi connectivity index (χ0) is 37.4. The molecule has 0 amide bonds. The molecule has 11 atom stereocenters. The van der Waals surface area contributed by atoms with Gasteiger partial charge in [0.15, 0.2) is 12.6 Å². The molecular weight excluding hydrogens is 668 g/mol. The van der Waals surface area contributed by atoms with Crippen LogP contribution in [0.5, 0.6) is 0 Å². The molecule has 2 aliphatic rings. The van der Waals surface area contributed by atoms with Crippen molar-refractivity contribution in [3.8, 4) is 0 Å². The summed E-state index contributed by atoms with van der Waals surface area (Å²) in [6.07, 6.45) is 4.70. The number of unbranched alkanes of at least 4 members (excludes halogenated alkanes) is 12. The van der Waals surface area contributed by atoms with Gasteiger partial charge in [-0.2, -0.15) is 0 Å². The Labute approximate surface area is 304 Å². The maximum atomic E-state index is 12.8. The second kappa shape index (κ2) is 27.3. The molecule has 0 radical (unpaired) electrons. The SMILES string of the molecule is CCCC/C=C\CCCCCCCC(=O)OC(COCCCCCCCC)COC1OC(COC2OC(CO)C(O)C(O)C2O)C(O)C(O)C1O. The van der Waals surface area contributed by atoms with Gasteiger partial charge in [-0.05, 0) is 32.1 Å². The molecule has 0 aliphatic carbocycles. The van der Waals surface area contributed by atoms with Gasteiger partial charge in [-0.15, -0.1) is 0 Å². The van der Waals surface area contributed by atoms with Gasteiger partial charge in [0.2, 0.25) is 0 Å². The molecule has 0 spiro atoms. The van der Waals surface area contributed by atoms with Crippen LogP contribution in [0.3, 0.4) is 0 Å². The zero-order valence-electron chi connectivity index (χ0n) is 30.8. The Morgan fingerprint density at radius 2 is 1.18 bits per heavy atom. The molecule has 0 aromatic heterocycles. The highest BCUT2D eigenvalue weighted by Crippen LogP contribution is 2.26. The summed E-state index contributed by atoms with van der Waals surface area (Å²) in [6, 6.07) is 0. The van der Waals surface area contributed by atoms with Crippen LogP contribution in [0.1, 0.15) is 117 Å². The first kappa shape index (κ1) is 45.9. The van der Waals surface area contributed by atoms with E-state index < -0.39 is 86.7 Å². The predicted molar refractivity (Wildman–Crippen MR) is 187 cm³/mol. The van der Waals surface area contributed by atoms with Crippen LogP contribution in [0.25, 0.3) is 0 Å². The number of carbonyl (C=O) groups excluding carboxylic acids is 1. The van der Waals surface area contributed by atoms with Crippen molar-refractivity contribution in [1.82, 2.24) is 0 Å². The first-order chi connectivity index (χ1) is 24.6. The number of aliphatic hydroxyl groups is 7. The van der Waals surface area contributed by atoms with Gasteiger partial charge in [-0.3, -0.25) is 4.79 Å². The van der Waals surface area contributed by atoms with Crippen molar-refractivity contribution in [3.63, 3.8) is 0 Å². The van der Waals surface area contributed by atoms with E-state index in [1.54, 1.807) is 0 Å². The number of aliphatic hydroxyl groups excluding tert-OH is 7. The molecule has 11 unspecified atom stereocenters. The van der Waals surface area contributed by atoms with Crippen molar-refractivity contribution in [2.75, 3.05) is 33.0 Å². The normalized spacial score (nSPS) is 30.5. The highest BCUT2D eigenvalue weighted by molar-refractivity contribution is 5.69. The fourth-order valence-corrected chi connectivity index (χ4v) is 5.97. The molecule has 14 heteroatoms.